The van der Waals surface area contributed by atoms with Gasteiger partial charge in [-0.1, -0.05) is 25.1 Å². The molecule has 4 heteroatoms. The van der Waals surface area contributed by atoms with Crippen molar-refractivity contribution in [3.63, 3.8) is 0 Å². The fourth-order valence-corrected chi connectivity index (χ4v) is 2.82. The van der Waals surface area contributed by atoms with E-state index in [9.17, 15) is 4.79 Å². The van der Waals surface area contributed by atoms with Crippen LogP contribution in [0.15, 0.2) is 30.3 Å². The molecule has 0 spiro atoms. The lowest BCUT2D eigenvalue weighted by Crippen LogP contribution is -2.62. The van der Waals surface area contributed by atoms with E-state index in [1.165, 1.54) is 5.69 Å². The van der Waals surface area contributed by atoms with Crippen molar-refractivity contribution in [2.24, 2.45) is 5.73 Å². The van der Waals surface area contributed by atoms with Crippen molar-refractivity contribution in [1.29, 1.82) is 0 Å². The monoisotopic (exact) mass is 275 g/mol. The molecule has 1 amide bonds. The summed E-state index contributed by atoms with van der Waals surface area (Å²) < 4.78 is 0. The molecule has 0 aromatic heterocycles. The van der Waals surface area contributed by atoms with Gasteiger partial charge in [0.25, 0.3) is 0 Å². The molecule has 1 fully saturated rings. The summed E-state index contributed by atoms with van der Waals surface area (Å²) in [6.45, 7) is 5.94. The Balaban J connectivity index is 2.05. The van der Waals surface area contributed by atoms with Gasteiger partial charge in [-0.3, -0.25) is 4.79 Å². The van der Waals surface area contributed by atoms with Crippen molar-refractivity contribution in [3.8, 4) is 0 Å². The number of para-hydroxylation sites is 1. The van der Waals surface area contributed by atoms with Crippen LogP contribution in [0.4, 0.5) is 5.69 Å². The molecule has 0 radical (unpaired) electrons. The number of amides is 1. The summed E-state index contributed by atoms with van der Waals surface area (Å²) in [6, 6.07) is 10.6. The van der Waals surface area contributed by atoms with Crippen molar-refractivity contribution in [2.45, 2.75) is 44.7 Å². The van der Waals surface area contributed by atoms with E-state index in [4.69, 9.17) is 5.73 Å². The van der Waals surface area contributed by atoms with Gasteiger partial charge in [0.1, 0.15) is 5.54 Å². The second kappa shape index (κ2) is 6.27. The van der Waals surface area contributed by atoms with Crippen LogP contribution in [0.3, 0.4) is 0 Å². The summed E-state index contributed by atoms with van der Waals surface area (Å²) in [5.41, 5.74) is 6.35. The highest BCUT2D eigenvalue weighted by Crippen LogP contribution is 2.26. The zero-order valence-electron chi connectivity index (χ0n) is 12.4. The molecule has 1 aliphatic heterocycles. The Bertz CT molecular complexity index is 438. The van der Waals surface area contributed by atoms with Crippen LogP contribution in [0.1, 0.15) is 33.1 Å². The van der Waals surface area contributed by atoms with Crippen LogP contribution in [-0.2, 0) is 4.79 Å². The Hall–Kier alpha value is -1.55. The molecule has 0 saturated carbocycles. The van der Waals surface area contributed by atoms with E-state index >= 15 is 0 Å². The van der Waals surface area contributed by atoms with Crippen LogP contribution < -0.4 is 16.0 Å². The summed E-state index contributed by atoms with van der Waals surface area (Å²) in [6.07, 6.45) is 2.53. The lowest BCUT2D eigenvalue weighted by atomic mass is 9.85. The van der Waals surface area contributed by atoms with Crippen molar-refractivity contribution < 1.29 is 4.79 Å². The number of rotatable bonds is 5. The van der Waals surface area contributed by atoms with E-state index in [1.54, 1.807) is 0 Å². The molecule has 0 bridgehead atoms. The lowest BCUT2D eigenvalue weighted by molar-refractivity contribution is -0.125. The number of anilines is 1. The topological polar surface area (TPSA) is 58.4 Å². The highest BCUT2D eigenvalue weighted by atomic mass is 16.1. The molecular formula is C16H25N3O. The maximum absolute atomic E-state index is 11.9. The Morgan fingerprint density at radius 3 is 2.45 bits per heavy atom. The molecule has 20 heavy (non-hydrogen) atoms. The molecular weight excluding hydrogens is 250 g/mol. The molecule has 0 aliphatic carbocycles. The number of benzene rings is 1. The van der Waals surface area contributed by atoms with Gasteiger partial charge in [-0.15, -0.1) is 0 Å². The van der Waals surface area contributed by atoms with E-state index < -0.39 is 5.54 Å². The van der Waals surface area contributed by atoms with Crippen molar-refractivity contribution >= 4 is 11.6 Å². The number of hydrogen-bond acceptors (Lipinski definition) is 3. The van der Waals surface area contributed by atoms with Crippen LogP contribution in [0.25, 0.3) is 0 Å². The molecule has 110 valence electrons. The maximum atomic E-state index is 11.9. The number of nitrogens with zero attached hydrogens (tertiary/aromatic N) is 1. The van der Waals surface area contributed by atoms with Crippen LogP contribution in [-0.4, -0.2) is 30.6 Å². The first-order chi connectivity index (χ1) is 9.57. The Morgan fingerprint density at radius 2 is 1.95 bits per heavy atom. The molecule has 1 aliphatic rings. The zero-order valence-corrected chi connectivity index (χ0v) is 12.4. The second-order valence-corrected chi connectivity index (χ2v) is 5.72. The summed E-state index contributed by atoms with van der Waals surface area (Å²) in [7, 11) is 0. The number of primary amides is 1. The van der Waals surface area contributed by atoms with Crippen LogP contribution in [0, 0.1) is 0 Å². The number of nitrogens with two attached hydrogens (primary N) is 1. The van der Waals surface area contributed by atoms with E-state index in [0.29, 0.717) is 6.04 Å². The van der Waals surface area contributed by atoms with E-state index in [1.807, 2.05) is 18.2 Å². The Morgan fingerprint density at radius 1 is 1.35 bits per heavy atom. The standard InChI is InChI=1S/C16H25N3O/c1-3-13(2)18-16(15(17)20)9-11-19(12-10-16)14-7-5-4-6-8-14/h4-8,13,18H,3,9-12H2,1-2H3,(H2,17,20). The smallest absolute Gasteiger partial charge is 0.237 e. The minimum Gasteiger partial charge on any atom is -0.371 e. The van der Waals surface area contributed by atoms with Gasteiger partial charge in [-0.25, -0.2) is 0 Å². The Labute approximate surface area is 121 Å². The van der Waals surface area contributed by atoms with Gasteiger partial charge < -0.3 is 16.0 Å². The average Bonchev–Trinajstić information content (AvgIpc) is 2.48. The first-order valence-corrected chi connectivity index (χ1v) is 7.45. The Kier molecular flexibility index (Phi) is 4.65. The average molecular weight is 275 g/mol. The molecule has 1 unspecified atom stereocenters. The zero-order chi connectivity index (χ0) is 14.6. The minimum atomic E-state index is -0.541. The number of carbonyl (C=O) groups excluding carboxylic acids is 1. The minimum absolute atomic E-state index is 0.217. The van der Waals surface area contributed by atoms with Gasteiger partial charge in [0.15, 0.2) is 0 Å². The summed E-state index contributed by atoms with van der Waals surface area (Å²) in [5, 5.41) is 3.45. The fourth-order valence-electron chi connectivity index (χ4n) is 2.82. The number of piperidine rings is 1. The van der Waals surface area contributed by atoms with E-state index in [0.717, 1.165) is 32.4 Å². The number of nitrogens with one attached hydrogen (secondary N) is 1. The second-order valence-electron chi connectivity index (χ2n) is 5.72. The third-order valence-electron chi connectivity index (χ3n) is 4.35. The third-order valence-corrected chi connectivity index (χ3v) is 4.35. The van der Waals surface area contributed by atoms with Crippen molar-refractivity contribution in [1.82, 2.24) is 5.32 Å². The first kappa shape index (κ1) is 14.9. The summed E-state index contributed by atoms with van der Waals surface area (Å²) in [4.78, 5) is 14.2. The lowest BCUT2D eigenvalue weighted by Gasteiger charge is -2.42. The van der Waals surface area contributed by atoms with Gasteiger partial charge in [0.05, 0.1) is 0 Å². The van der Waals surface area contributed by atoms with Crippen LogP contribution in [0.5, 0.6) is 0 Å². The van der Waals surface area contributed by atoms with Gasteiger partial charge in [-0.2, -0.15) is 0 Å². The number of hydrogen-bond donors (Lipinski definition) is 2. The molecule has 3 N–H and O–H groups in total. The quantitative estimate of drug-likeness (QED) is 0.863. The maximum Gasteiger partial charge on any atom is 0.237 e. The van der Waals surface area contributed by atoms with Gasteiger partial charge in [-0.05, 0) is 38.3 Å². The molecule has 1 heterocycles. The fraction of sp³-hybridized carbons (Fsp3) is 0.562. The SMILES string of the molecule is CCC(C)NC1(C(N)=O)CCN(c2ccccc2)CC1. The molecule has 1 aromatic carbocycles. The highest BCUT2D eigenvalue weighted by molar-refractivity contribution is 5.85. The molecule has 1 saturated heterocycles. The van der Waals surface area contributed by atoms with Gasteiger partial charge in [0.2, 0.25) is 5.91 Å². The predicted octanol–water partition coefficient (Wildman–Crippen LogP) is 1.90. The van der Waals surface area contributed by atoms with Crippen molar-refractivity contribution in [2.75, 3.05) is 18.0 Å². The summed E-state index contributed by atoms with van der Waals surface area (Å²) >= 11 is 0. The highest BCUT2D eigenvalue weighted by Gasteiger charge is 2.40. The van der Waals surface area contributed by atoms with Crippen molar-refractivity contribution in [3.05, 3.63) is 30.3 Å². The van der Waals surface area contributed by atoms with E-state index in [2.05, 4.69) is 36.2 Å². The van der Waals surface area contributed by atoms with Crippen LogP contribution >= 0.6 is 0 Å². The largest absolute Gasteiger partial charge is 0.371 e. The van der Waals surface area contributed by atoms with Gasteiger partial charge in [0, 0.05) is 24.8 Å². The number of carbonyl (C=O) groups is 1. The molecule has 1 atom stereocenters. The molecule has 2 rings (SSSR count). The van der Waals surface area contributed by atoms with Crippen LogP contribution in [0.2, 0.25) is 0 Å². The van der Waals surface area contributed by atoms with Gasteiger partial charge >= 0.3 is 0 Å². The normalized spacial score (nSPS) is 19.6. The van der Waals surface area contributed by atoms with E-state index in [-0.39, 0.29) is 5.91 Å². The summed E-state index contributed by atoms with van der Waals surface area (Å²) in [5.74, 6) is -0.217. The molecule has 1 aromatic rings. The first-order valence-electron chi connectivity index (χ1n) is 7.45. The molecule has 4 nitrogen and oxygen atoms in total. The predicted molar refractivity (Wildman–Crippen MR) is 82.7 cm³/mol. The third kappa shape index (κ3) is 3.12.